The van der Waals surface area contributed by atoms with E-state index in [1.54, 1.807) is 10.7 Å². The van der Waals surface area contributed by atoms with E-state index in [0.29, 0.717) is 17.9 Å². The number of nitrogens with one attached hydrogen (secondary N) is 1. The van der Waals surface area contributed by atoms with Gasteiger partial charge in [0.2, 0.25) is 0 Å². The molecule has 0 saturated carbocycles. The Labute approximate surface area is 135 Å². The molecule has 0 aliphatic carbocycles. The molecule has 0 fully saturated rings. The third-order valence-electron chi connectivity index (χ3n) is 3.78. The Kier molecular flexibility index (Phi) is 4.10. The van der Waals surface area contributed by atoms with Crippen molar-refractivity contribution in [2.45, 2.75) is 33.2 Å². The number of rotatable bonds is 4. The molecule has 2 heterocycles. The van der Waals surface area contributed by atoms with Crippen molar-refractivity contribution in [2.75, 3.05) is 0 Å². The predicted molar refractivity (Wildman–Crippen MR) is 89.4 cm³/mol. The van der Waals surface area contributed by atoms with Gasteiger partial charge in [0.15, 0.2) is 5.65 Å². The average Bonchev–Trinajstić information content (AvgIpc) is 3.01. The number of nitrogens with zero attached hydrogens (tertiary/aromatic N) is 3. The van der Waals surface area contributed by atoms with Crippen LogP contribution in [-0.2, 0) is 6.54 Å². The average molecular weight is 308 g/mol. The number of carbonyl (C=O) groups is 1. The van der Waals surface area contributed by atoms with Gasteiger partial charge in [-0.3, -0.25) is 4.79 Å². The van der Waals surface area contributed by atoms with Crippen LogP contribution in [-0.4, -0.2) is 20.5 Å². The van der Waals surface area contributed by atoms with Gasteiger partial charge < -0.3 is 5.32 Å². The largest absolute Gasteiger partial charge is 0.347 e. The fourth-order valence-corrected chi connectivity index (χ4v) is 2.44. The van der Waals surface area contributed by atoms with Crippen molar-refractivity contribution in [2.24, 2.45) is 0 Å². The molecule has 0 aliphatic rings. The summed E-state index contributed by atoms with van der Waals surface area (Å²) in [5.41, 5.74) is 4.36. The van der Waals surface area contributed by atoms with Crippen molar-refractivity contribution in [3.05, 3.63) is 65.1 Å². The molecule has 0 aliphatic heterocycles. The number of amides is 1. The summed E-state index contributed by atoms with van der Waals surface area (Å²) >= 11 is 0. The van der Waals surface area contributed by atoms with E-state index in [9.17, 15) is 4.79 Å². The van der Waals surface area contributed by atoms with Crippen LogP contribution in [0.4, 0.5) is 0 Å². The first kappa shape index (κ1) is 15.2. The van der Waals surface area contributed by atoms with Gasteiger partial charge in [0.1, 0.15) is 5.69 Å². The van der Waals surface area contributed by atoms with Crippen LogP contribution in [0.3, 0.4) is 0 Å². The van der Waals surface area contributed by atoms with Gasteiger partial charge >= 0.3 is 0 Å². The topological polar surface area (TPSA) is 59.3 Å². The van der Waals surface area contributed by atoms with E-state index in [1.807, 2.05) is 43.3 Å². The highest BCUT2D eigenvalue weighted by Crippen LogP contribution is 2.16. The van der Waals surface area contributed by atoms with Gasteiger partial charge in [-0.1, -0.05) is 43.7 Å². The standard InChI is InChI=1S/C18H20N4O/c1-12(2)16-10-15(21-17-8-9-20-22(16)17)18(23)19-11-14-6-4-13(3)5-7-14/h4-10,12H,11H2,1-3H3,(H,19,23). The lowest BCUT2D eigenvalue weighted by molar-refractivity contribution is 0.0946. The summed E-state index contributed by atoms with van der Waals surface area (Å²) in [6, 6.07) is 11.7. The van der Waals surface area contributed by atoms with E-state index in [1.165, 1.54) is 5.56 Å². The molecule has 23 heavy (non-hydrogen) atoms. The minimum atomic E-state index is -0.170. The molecule has 2 aromatic heterocycles. The molecular weight excluding hydrogens is 288 g/mol. The van der Waals surface area contributed by atoms with Crippen LogP contribution in [0, 0.1) is 6.92 Å². The zero-order valence-corrected chi connectivity index (χ0v) is 13.6. The zero-order valence-electron chi connectivity index (χ0n) is 13.6. The number of fused-ring (bicyclic) bond motifs is 1. The van der Waals surface area contributed by atoms with Crippen molar-refractivity contribution in [1.82, 2.24) is 19.9 Å². The highest BCUT2D eigenvalue weighted by Gasteiger charge is 2.14. The first-order valence-corrected chi connectivity index (χ1v) is 7.73. The maximum Gasteiger partial charge on any atom is 0.270 e. The Morgan fingerprint density at radius 3 is 2.65 bits per heavy atom. The maximum atomic E-state index is 12.4. The van der Waals surface area contributed by atoms with E-state index < -0.39 is 0 Å². The lowest BCUT2D eigenvalue weighted by Gasteiger charge is -2.11. The van der Waals surface area contributed by atoms with Crippen molar-refractivity contribution >= 4 is 11.6 Å². The number of hydrogen-bond acceptors (Lipinski definition) is 3. The van der Waals surface area contributed by atoms with Gasteiger partial charge in [0, 0.05) is 18.3 Å². The molecule has 1 amide bonds. The van der Waals surface area contributed by atoms with E-state index in [4.69, 9.17) is 0 Å². The van der Waals surface area contributed by atoms with E-state index in [0.717, 1.165) is 11.3 Å². The second-order valence-electron chi connectivity index (χ2n) is 5.99. The van der Waals surface area contributed by atoms with Crippen molar-refractivity contribution in [1.29, 1.82) is 0 Å². The Bertz CT molecular complexity index is 834. The summed E-state index contributed by atoms with van der Waals surface area (Å²) in [5, 5.41) is 7.19. The van der Waals surface area contributed by atoms with Crippen LogP contribution in [0.15, 0.2) is 42.6 Å². The van der Waals surface area contributed by atoms with Gasteiger partial charge in [0.25, 0.3) is 5.91 Å². The van der Waals surface area contributed by atoms with Gasteiger partial charge in [-0.15, -0.1) is 0 Å². The lowest BCUT2D eigenvalue weighted by atomic mass is 10.1. The number of aryl methyl sites for hydroxylation is 1. The molecule has 0 atom stereocenters. The third kappa shape index (κ3) is 3.23. The van der Waals surface area contributed by atoms with Gasteiger partial charge in [-0.2, -0.15) is 5.10 Å². The van der Waals surface area contributed by atoms with Crippen LogP contribution < -0.4 is 5.32 Å². The Balaban J connectivity index is 1.81. The monoisotopic (exact) mass is 308 g/mol. The molecule has 0 spiro atoms. The van der Waals surface area contributed by atoms with E-state index in [-0.39, 0.29) is 11.8 Å². The number of aromatic nitrogens is 3. The molecule has 3 rings (SSSR count). The van der Waals surface area contributed by atoms with Gasteiger partial charge in [-0.25, -0.2) is 9.50 Å². The molecule has 1 aromatic carbocycles. The van der Waals surface area contributed by atoms with Crippen LogP contribution in [0.25, 0.3) is 5.65 Å². The number of benzene rings is 1. The minimum absolute atomic E-state index is 0.170. The lowest BCUT2D eigenvalue weighted by Crippen LogP contribution is -2.24. The molecule has 5 heteroatoms. The fourth-order valence-electron chi connectivity index (χ4n) is 2.44. The van der Waals surface area contributed by atoms with Crippen LogP contribution in [0.2, 0.25) is 0 Å². The Morgan fingerprint density at radius 2 is 1.96 bits per heavy atom. The van der Waals surface area contributed by atoms with Crippen molar-refractivity contribution in [3.63, 3.8) is 0 Å². The highest BCUT2D eigenvalue weighted by atomic mass is 16.1. The first-order chi connectivity index (χ1) is 11.0. The molecule has 0 radical (unpaired) electrons. The summed E-state index contributed by atoms with van der Waals surface area (Å²) in [6.45, 7) is 6.68. The predicted octanol–water partition coefficient (Wildman–Crippen LogP) is 3.09. The minimum Gasteiger partial charge on any atom is -0.347 e. The molecule has 3 aromatic rings. The summed E-state index contributed by atoms with van der Waals surface area (Å²) < 4.78 is 1.78. The number of hydrogen-bond donors (Lipinski definition) is 1. The summed E-state index contributed by atoms with van der Waals surface area (Å²) in [4.78, 5) is 16.8. The number of carbonyl (C=O) groups excluding carboxylic acids is 1. The molecule has 0 unspecified atom stereocenters. The molecule has 5 nitrogen and oxygen atoms in total. The molecule has 0 bridgehead atoms. The SMILES string of the molecule is Cc1ccc(CNC(=O)c2cc(C(C)C)n3nccc3n2)cc1. The van der Waals surface area contributed by atoms with Crippen LogP contribution in [0.5, 0.6) is 0 Å². The molecule has 1 N–H and O–H groups in total. The molecular formula is C18H20N4O. The summed E-state index contributed by atoms with van der Waals surface area (Å²) in [6.07, 6.45) is 1.70. The van der Waals surface area contributed by atoms with Gasteiger partial charge in [-0.05, 0) is 24.5 Å². The molecule has 0 saturated heterocycles. The van der Waals surface area contributed by atoms with Crippen LogP contribution in [0.1, 0.15) is 47.1 Å². The third-order valence-corrected chi connectivity index (χ3v) is 3.78. The van der Waals surface area contributed by atoms with Gasteiger partial charge in [0.05, 0.1) is 6.20 Å². The quantitative estimate of drug-likeness (QED) is 0.805. The smallest absolute Gasteiger partial charge is 0.270 e. The molecule has 118 valence electrons. The maximum absolute atomic E-state index is 12.4. The second kappa shape index (κ2) is 6.20. The fraction of sp³-hybridized carbons (Fsp3) is 0.278. The van der Waals surface area contributed by atoms with E-state index in [2.05, 4.69) is 29.2 Å². The Morgan fingerprint density at radius 1 is 1.22 bits per heavy atom. The summed E-state index contributed by atoms with van der Waals surface area (Å²) in [5.74, 6) is 0.0835. The summed E-state index contributed by atoms with van der Waals surface area (Å²) in [7, 11) is 0. The van der Waals surface area contributed by atoms with Crippen molar-refractivity contribution < 1.29 is 4.79 Å². The highest BCUT2D eigenvalue weighted by molar-refractivity contribution is 5.92. The zero-order chi connectivity index (χ0) is 16.4. The normalized spacial score (nSPS) is 11.1. The van der Waals surface area contributed by atoms with Crippen molar-refractivity contribution in [3.8, 4) is 0 Å². The Hall–Kier alpha value is -2.69. The second-order valence-corrected chi connectivity index (χ2v) is 5.99. The first-order valence-electron chi connectivity index (χ1n) is 7.73. The van der Waals surface area contributed by atoms with Crippen LogP contribution >= 0.6 is 0 Å². The van der Waals surface area contributed by atoms with E-state index >= 15 is 0 Å².